The Morgan fingerprint density at radius 2 is 0.677 bits per heavy atom. The first-order valence-corrected chi connectivity index (χ1v) is 14.4. The average Bonchev–Trinajstić information content (AvgIpc) is 2.78. The third kappa shape index (κ3) is 27.3. The van der Waals surface area contributed by atoms with Gasteiger partial charge in [0.1, 0.15) is 5.76 Å². The first kappa shape index (κ1) is 30.3. The molecule has 0 aromatic rings. The Morgan fingerprint density at radius 1 is 0.452 bits per heavy atom. The molecule has 0 bridgehead atoms. The number of aliphatic hydroxyl groups excluding tert-OH is 1. The maximum Gasteiger partial charge on any atom is 0.108 e. The largest absolute Gasteiger partial charge is 0.511 e. The minimum absolute atomic E-state index is 0.342. The van der Waals surface area contributed by atoms with E-state index < -0.39 is 0 Å². The standard InChI is InChI=1S/C29H59NO/c1-2-3-4-5-6-7-8-9-10-11-12-13-14-15-16-17-18-19-20-21-22-23-24-25-26-27-29(31)28-30/h28,31H,2-27,30H2,1H3/b29-28-. The van der Waals surface area contributed by atoms with Crippen LogP contribution in [0.15, 0.2) is 12.0 Å². The highest BCUT2D eigenvalue weighted by Crippen LogP contribution is 2.16. The van der Waals surface area contributed by atoms with Gasteiger partial charge in [0.2, 0.25) is 0 Å². The number of unbranched alkanes of at least 4 members (excludes halogenated alkanes) is 24. The zero-order valence-corrected chi connectivity index (χ0v) is 21.5. The molecule has 0 fully saturated rings. The van der Waals surface area contributed by atoms with Gasteiger partial charge in [0.15, 0.2) is 0 Å². The fourth-order valence-electron chi connectivity index (χ4n) is 4.53. The minimum Gasteiger partial charge on any atom is -0.511 e. The molecule has 0 saturated carbocycles. The van der Waals surface area contributed by atoms with Crippen LogP contribution in [0.2, 0.25) is 0 Å². The molecule has 3 N–H and O–H groups in total. The van der Waals surface area contributed by atoms with Crippen LogP contribution in [0, 0.1) is 0 Å². The van der Waals surface area contributed by atoms with Gasteiger partial charge in [0.25, 0.3) is 0 Å². The summed E-state index contributed by atoms with van der Waals surface area (Å²) < 4.78 is 0. The molecule has 0 spiro atoms. The van der Waals surface area contributed by atoms with Crippen molar-refractivity contribution in [2.45, 2.75) is 174 Å². The highest BCUT2D eigenvalue weighted by Gasteiger charge is 1.97. The second kappa shape index (κ2) is 27.4. The monoisotopic (exact) mass is 437 g/mol. The summed E-state index contributed by atoms with van der Waals surface area (Å²) in [5.74, 6) is 0.342. The van der Waals surface area contributed by atoms with E-state index in [0.29, 0.717) is 5.76 Å². The van der Waals surface area contributed by atoms with Crippen LogP contribution >= 0.6 is 0 Å². The molecule has 0 unspecified atom stereocenters. The number of nitrogens with two attached hydrogens (primary N) is 1. The number of hydrogen-bond donors (Lipinski definition) is 2. The zero-order chi connectivity index (χ0) is 22.7. The van der Waals surface area contributed by atoms with Gasteiger partial charge in [-0.15, -0.1) is 0 Å². The van der Waals surface area contributed by atoms with E-state index in [1.807, 2.05) is 0 Å². The van der Waals surface area contributed by atoms with Crippen LogP contribution in [0.3, 0.4) is 0 Å². The molecule has 186 valence electrons. The molecule has 0 heterocycles. The van der Waals surface area contributed by atoms with E-state index in [0.717, 1.165) is 12.8 Å². The van der Waals surface area contributed by atoms with Crippen LogP contribution in [0.4, 0.5) is 0 Å². The smallest absolute Gasteiger partial charge is 0.108 e. The molecule has 0 amide bonds. The third-order valence-corrected chi connectivity index (χ3v) is 6.73. The third-order valence-electron chi connectivity index (χ3n) is 6.73. The minimum atomic E-state index is 0.342. The van der Waals surface area contributed by atoms with Gasteiger partial charge >= 0.3 is 0 Å². The number of rotatable bonds is 26. The maximum absolute atomic E-state index is 9.28. The Morgan fingerprint density at radius 3 is 0.903 bits per heavy atom. The first-order chi connectivity index (χ1) is 15.3. The van der Waals surface area contributed by atoms with Crippen molar-refractivity contribution in [1.29, 1.82) is 0 Å². The quantitative estimate of drug-likeness (QED) is 0.104. The van der Waals surface area contributed by atoms with Gasteiger partial charge in [-0.05, 0) is 6.42 Å². The molecule has 0 radical (unpaired) electrons. The summed E-state index contributed by atoms with van der Waals surface area (Å²) in [6.45, 7) is 2.30. The van der Waals surface area contributed by atoms with Gasteiger partial charge in [-0.3, -0.25) is 0 Å². The Labute approximate surface area is 196 Å². The van der Waals surface area contributed by atoms with Crippen LogP contribution in [0.1, 0.15) is 174 Å². The second-order valence-electron chi connectivity index (χ2n) is 9.89. The van der Waals surface area contributed by atoms with E-state index in [9.17, 15) is 5.11 Å². The fourth-order valence-corrected chi connectivity index (χ4v) is 4.53. The van der Waals surface area contributed by atoms with Crippen LogP contribution in [0.25, 0.3) is 0 Å². The maximum atomic E-state index is 9.28. The summed E-state index contributed by atoms with van der Waals surface area (Å²) in [7, 11) is 0. The van der Waals surface area contributed by atoms with Crippen molar-refractivity contribution in [3.8, 4) is 0 Å². The van der Waals surface area contributed by atoms with Gasteiger partial charge in [0.05, 0.1) is 0 Å². The van der Waals surface area contributed by atoms with Gasteiger partial charge in [-0.2, -0.15) is 0 Å². The topological polar surface area (TPSA) is 46.2 Å². The molecule has 0 saturated heterocycles. The molecule has 31 heavy (non-hydrogen) atoms. The molecule has 2 heteroatoms. The summed E-state index contributed by atoms with van der Waals surface area (Å²) in [5, 5.41) is 9.28. The molecule has 0 rings (SSSR count). The molecular formula is C29H59NO. The molecule has 2 nitrogen and oxygen atoms in total. The number of allylic oxidation sites excluding steroid dienone is 1. The summed E-state index contributed by atoms with van der Waals surface area (Å²) in [6, 6.07) is 0. The van der Waals surface area contributed by atoms with Crippen molar-refractivity contribution in [1.82, 2.24) is 0 Å². The van der Waals surface area contributed by atoms with Crippen molar-refractivity contribution in [2.24, 2.45) is 5.73 Å². The van der Waals surface area contributed by atoms with Crippen molar-refractivity contribution in [2.75, 3.05) is 0 Å². The molecule has 0 atom stereocenters. The number of aliphatic hydroxyl groups is 1. The van der Waals surface area contributed by atoms with E-state index in [2.05, 4.69) is 6.92 Å². The van der Waals surface area contributed by atoms with Gasteiger partial charge in [-0.25, -0.2) is 0 Å². The van der Waals surface area contributed by atoms with Crippen molar-refractivity contribution in [3.63, 3.8) is 0 Å². The van der Waals surface area contributed by atoms with Crippen molar-refractivity contribution in [3.05, 3.63) is 12.0 Å². The van der Waals surface area contributed by atoms with Crippen LogP contribution in [-0.2, 0) is 0 Å². The summed E-state index contributed by atoms with van der Waals surface area (Å²) in [5.41, 5.74) is 5.26. The molecule has 0 aliphatic rings. The fraction of sp³-hybridized carbons (Fsp3) is 0.931. The van der Waals surface area contributed by atoms with Crippen LogP contribution in [0.5, 0.6) is 0 Å². The molecule has 0 aromatic carbocycles. The Bertz CT molecular complexity index is 353. The Hall–Kier alpha value is -0.660. The van der Waals surface area contributed by atoms with E-state index in [4.69, 9.17) is 5.73 Å². The second-order valence-corrected chi connectivity index (χ2v) is 9.89. The van der Waals surface area contributed by atoms with E-state index in [-0.39, 0.29) is 0 Å². The van der Waals surface area contributed by atoms with E-state index >= 15 is 0 Å². The molecular weight excluding hydrogens is 378 g/mol. The van der Waals surface area contributed by atoms with E-state index in [1.54, 1.807) is 0 Å². The zero-order valence-electron chi connectivity index (χ0n) is 21.5. The Kier molecular flexibility index (Phi) is 26.8. The van der Waals surface area contributed by atoms with Gasteiger partial charge < -0.3 is 10.8 Å². The lowest BCUT2D eigenvalue weighted by atomic mass is 10.0. The highest BCUT2D eigenvalue weighted by atomic mass is 16.3. The SMILES string of the molecule is CCCCCCCCCCCCCCCCCCCCCCCCCCC/C(O)=C/N. The predicted molar refractivity (Wildman–Crippen MR) is 141 cm³/mol. The lowest BCUT2D eigenvalue weighted by molar-refractivity contribution is 0.378. The summed E-state index contributed by atoms with van der Waals surface area (Å²) >= 11 is 0. The van der Waals surface area contributed by atoms with Crippen molar-refractivity contribution < 1.29 is 5.11 Å². The lowest BCUT2D eigenvalue weighted by Gasteiger charge is -2.04. The van der Waals surface area contributed by atoms with Crippen LogP contribution in [-0.4, -0.2) is 5.11 Å². The van der Waals surface area contributed by atoms with E-state index in [1.165, 1.54) is 160 Å². The normalized spacial score (nSPS) is 12.0. The first-order valence-electron chi connectivity index (χ1n) is 14.4. The average molecular weight is 438 g/mol. The van der Waals surface area contributed by atoms with Gasteiger partial charge in [0, 0.05) is 12.6 Å². The molecule has 0 aliphatic heterocycles. The lowest BCUT2D eigenvalue weighted by Crippen LogP contribution is -1.88. The Balaban J connectivity index is 3.02. The van der Waals surface area contributed by atoms with Crippen molar-refractivity contribution >= 4 is 0 Å². The summed E-state index contributed by atoms with van der Waals surface area (Å²) in [6.07, 6.45) is 37.5. The molecule has 0 aliphatic carbocycles. The molecule has 0 aromatic heterocycles. The van der Waals surface area contributed by atoms with Gasteiger partial charge in [-0.1, -0.05) is 161 Å². The summed E-state index contributed by atoms with van der Waals surface area (Å²) in [4.78, 5) is 0. The predicted octanol–water partition coefficient (Wildman–Crippen LogP) is 10.5. The van der Waals surface area contributed by atoms with Crippen LogP contribution < -0.4 is 5.73 Å². The number of hydrogen-bond acceptors (Lipinski definition) is 2. The highest BCUT2D eigenvalue weighted by molar-refractivity contribution is 4.85.